The Balaban J connectivity index is 1.36. The third-order valence-electron chi connectivity index (χ3n) is 5.26. The SMILES string of the molecule is Cc1ccc(C(=O)NCCOc2cccc3ccccc23)cc1NC(=O)c1ccccc1F. The van der Waals surface area contributed by atoms with Gasteiger partial charge in [-0.15, -0.1) is 0 Å². The average Bonchev–Trinajstić information content (AvgIpc) is 2.83. The van der Waals surface area contributed by atoms with E-state index in [0.717, 1.165) is 22.1 Å². The molecule has 0 bridgehead atoms. The second kappa shape index (κ2) is 9.96. The number of fused-ring (bicyclic) bond motifs is 1. The monoisotopic (exact) mass is 442 g/mol. The fourth-order valence-corrected chi connectivity index (χ4v) is 3.48. The van der Waals surface area contributed by atoms with Crippen molar-refractivity contribution in [2.24, 2.45) is 0 Å². The number of hydrogen-bond donors (Lipinski definition) is 2. The van der Waals surface area contributed by atoms with Gasteiger partial charge >= 0.3 is 0 Å². The van der Waals surface area contributed by atoms with Gasteiger partial charge in [0.05, 0.1) is 12.1 Å². The van der Waals surface area contributed by atoms with E-state index in [1.54, 1.807) is 31.2 Å². The van der Waals surface area contributed by atoms with E-state index in [1.165, 1.54) is 18.2 Å². The summed E-state index contributed by atoms with van der Waals surface area (Å²) < 4.78 is 19.7. The first-order chi connectivity index (χ1) is 16.0. The van der Waals surface area contributed by atoms with E-state index >= 15 is 0 Å². The first-order valence-corrected chi connectivity index (χ1v) is 10.6. The number of rotatable bonds is 7. The van der Waals surface area contributed by atoms with Crippen molar-refractivity contribution < 1.29 is 18.7 Å². The Hall–Kier alpha value is -4.19. The van der Waals surface area contributed by atoms with Crippen molar-refractivity contribution in [3.8, 4) is 5.75 Å². The summed E-state index contributed by atoms with van der Waals surface area (Å²) in [5, 5.41) is 7.61. The Kier molecular flexibility index (Phi) is 6.64. The Morgan fingerprint density at radius 1 is 0.879 bits per heavy atom. The Morgan fingerprint density at radius 3 is 2.48 bits per heavy atom. The molecule has 0 atom stereocenters. The second-order valence-electron chi connectivity index (χ2n) is 7.55. The Morgan fingerprint density at radius 2 is 1.64 bits per heavy atom. The number of aryl methyl sites for hydroxylation is 1. The van der Waals surface area contributed by atoms with Crippen LogP contribution in [-0.4, -0.2) is 25.0 Å². The van der Waals surface area contributed by atoms with Crippen molar-refractivity contribution in [3.63, 3.8) is 0 Å². The standard InChI is InChI=1S/C27H23FN2O3/c1-18-13-14-20(17-24(18)30-27(32)22-10-4-5-11-23(22)28)26(31)29-15-16-33-25-12-6-8-19-7-2-3-9-21(19)25/h2-14,17H,15-16H2,1H3,(H,29,31)(H,30,32). The molecular weight excluding hydrogens is 419 g/mol. The lowest BCUT2D eigenvalue weighted by atomic mass is 10.1. The van der Waals surface area contributed by atoms with E-state index in [0.29, 0.717) is 24.4 Å². The summed E-state index contributed by atoms with van der Waals surface area (Å²) in [5.74, 6) is -0.710. The summed E-state index contributed by atoms with van der Waals surface area (Å²) in [4.78, 5) is 25.0. The summed E-state index contributed by atoms with van der Waals surface area (Å²) in [7, 11) is 0. The van der Waals surface area contributed by atoms with Gasteiger partial charge in [0.1, 0.15) is 18.2 Å². The largest absolute Gasteiger partial charge is 0.491 e. The highest BCUT2D eigenvalue weighted by Gasteiger charge is 2.14. The highest BCUT2D eigenvalue weighted by atomic mass is 19.1. The molecule has 4 rings (SSSR count). The van der Waals surface area contributed by atoms with Crippen LogP contribution in [0.25, 0.3) is 10.8 Å². The third-order valence-corrected chi connectivity index (χ3v) is 5.26. The molecule has 0 aliphatic heterocycles. The van der Waals surface area contributed by atoms with Crippen molar-refractivity contribution in [2.45, 2.75) is 6.92 Å². The third kappa shape index (κ3) is 5.18. The Labute approximate surface area is 191 Å². The van der Waals surface area contributed by atoms with Crippen LogP contribution in [0.1, 0.15) is 26.3 Å². The number of anilines is 1. The minimum absolute atomic E-state index is 0.0580. The fourth-order valence-electron chi connectivity index (χ4n) is 3.48. The lowest BCUT2D eigenvalue weighted by molar-refractivity contribution is 0.0945. The number of benzene rings is 4. The molecule has 0 spiro atoms. The Bertz CT molecular complexity index is 1310. The van der Waals surface area contributed by atoms with Crippen LogP contribution in [0.5, 0.6) is 5.75 Å². The molecule has 0 unspecified atom stereocenters. The first-order valence-electron chi connectivity index (χ1n) is 10.6. The minimum Gasteiger partial charge on any atom is -0.491 e. The molecule has 0 radical (unpaired) electrons. The number of amides is 2. The first kappa shape index (κ1) is 22.0. The van der Waals surface area contributed by atoms with Gasteiger partial charge in [-0.05, 0) is 48.2 Å². The molecule has 4 aromatic carbocycles. The number of nitrogens with one attached hydrogen (secondary N) is 2. The second-order valence-corrected chi connectivity index (χ2v) is 7.55. The lowest BCUT2D eigenvalue weighted by Crippen LogP contribution is -2.28. The van der Waals surface area contributed by atoms with Gasteiger partial charge in [0.2, 0.25) is 0 Å². The highest BCUT2D eigenvalue weighted by molar-refractivity contribution is 6.05. The molecule has 0 aromatic heterocycles. The molecule has 5 nitrogen and oxygen atoms in total. The number of carbonyl (C=O) groups is 2. The van der Waals surface area contributed by atoms with Gasteiger partial charge in [0.15, 0.2) is 0 Å². The number of ether oxygens (including phenoxy) is 1. The zero-order valence-corrected chi connectivity index (χ0v) is 18.1. The lowest BCUT2D eigenvalue weighted by Gasteiger charge is -2.12. The normalized spacial score (nSPS) is 10.6. The van der Waals surface area contributed by atoms with E-state index < -0.39 is 11.7 Å². The quantitative estimate of drug-likeness (QED) is 0.379. The maximum absolute atomic E-state index is 13.9. The maximum atomic E-state index is 13.9. The zero-order valence-electron chi connectivity index (χ0n) is 18.1. The van der Waals surface area contributed by atoms with Crippen LogP contribution in [-0.2, 0) is 0 Å². The van der Waals surface area contributed by atoms with Crippen molar-refractivity contribution in [2.75, 3.05) is 18.5 Å². The predicted octanol–water partition coefficient (Wildman–Crippen LogP) is 5.35. The van der Waals surface area contributed by atoms with Crippen LogP contribution in [0.15, 0.2) is 84.9 Å². The molecule has 4 aromatic rings. The van der Waals surface area contributed by atoms with Gasteiger partial charge in [0, 0.05) is 16.6 Å². The van der Waals surface area contributed by atoms with Crippen LogP contribution >= 0.6 is 0 Å². The smallest absolute Gasteiger partial charge is 0.258 e. The minimum atomic E-state index is -0.604. The van der Waals surface area contributed by atoms with Crippen molar-refractivity contribution in [3.05, 3.63) is 107 Å². The van der Waals surface area contributed by atoms with Gasteiger partial charge in [-0.3, -0.25) is 9.59 Å². The van der Waals surface area contributed by atoms with E-state index in [1.807, 2.05) is 42.5 Å². The molecule has 0 fully saturated rings. The zero-order chi connectivity index (χ0) is 23.2. The van der Waals surface area contributed by atoms with E-state index in [-0.39, 0.29) is 11.5 Å². The van der Waals surface area contributed by atoms with Crippen molar-refractivity contribution in [1.29, 1.82) is 0 Å². The molecule has 6 heteroatoms. The molecular formula is C27H23FN2O3. The van der Waals surface area contributed by atoms with Crippen molar-refractivity contribution in [1.82, 2.24) is 5.32 Å². The summed E-state index contributed by atoms with van der Waals surface area (Å²) in [6, 6.07) is 24.5. The average molecular weight is 442 g/mol. The van der Waals surface area contributed by atoms with Gasteiger partial charge in [-0.2, -0.15) is 0 Å². The number of hydrogen-bond acceptors (Lipinski definition) is 3. The van der Waals surface area contributed by atoms with Gasteiger partial charge in [0.25, 0.3) is 11.8 Å². The summed E-state index contributed by atoms with van der Waals surface area (Å²) in [6.07, 6.45) is 0. The number of halogens is 1. The van der Waals surface area contributed by atoms with Crippen LogP contribution in [0.3, 0.4) is 0 Å². The molecule has 166 valence electrons. The maximum Gasteiger partial charge on any atom is 0.258 e. The van der Waals surface area contributed by atoms with Crippen LogP contribution in [0.2, 0.25) is 0 Å². The van der Waals surface area contributed by atoms with Crippen LogP contribution in [0, 0.1) is 12.7 Å². The molecule has 33 heavy (non-hydrogen) atoms. The van der Waals surface area contributed by atoms with Gasteiger partial charge in [-0.1, -0.05) is 54.6 Å². The van der Waals surface area contributed by atoms with E-state index in [4.69, 9.17) is 4.74 Å². The highest BCUT2D eigenvalue weighted by Crippen LogP contribution is 2.25. The van der Waals surface area contributed by atoms with Crippen molar-refractivity contribution >= 4 is 28.3 Å². The topological polar surface area (TPSA) is 67.4 Å². The summed E-state index contributed by atoms with van der Waals surface area (Å²) in [6.45, 7) is 2.42. The summed E-state index contributed by atoms with van der Waals surface area (Å²) in [5.41, 5.74) is 1.53. The summed E-state index contributed by atoms with van der Waals surface area (Å²) >= 11 is 0. The predicted molar refractivity (Wildman–Crippen MR) is 127 cm³/mol. The molecule has 2 N–H and O–H groups in total. The fraction of sp³-hybridized carbons (Fsp3) is 0.111. The molecule has 0 aliphatic carbocycles. The molecule has 2 amide bonds. The van der Waals surface area contributed by atoms with Gasteiger partial charge < -0.3 is 15.4 Å². The molecule has 0 heterocycles. The molecule has 0 saturated carbocycles. The number of carbonyl (C=O) groups excluding carboxylic acids is 2. The molecule has 0 saturated heterocycles. The van der Waals surface area contributed by atoms with E-state index in [2.05, 4.69) is 10.6 Å². The van der Waals surface area contributed by atoms with Gasteiger partial charge in [-0.25, -0.2) is 4.39 Å². The molecule has 0 aliphatic rings. The van der Waals surface area contributed by atoms with Crippen LogP contribution < -0.4 is 15.4 Å². The van der Waals surface area contributed by atoms with Crippen LogP contribution in [0.4, 0.5) is 10.1 Å². The van der Waals surface area contributed by atoms with E-state index in [9.17, 15) is 14.0 Å².